The molecule has 0 bridgehead atoms. The second-order valence-corrected chi connectivity index (χ2v) is 8.66. The van der Waals surface area contributed by atoms with Crippen LogP contribution in [0.3, 0.4) is 0 Å². The molecule has 0 amide bonds. The van der Waals surface area contributed by atoms with Gasteiger partial charge in [0.05, 0.1) is 28.7 Å². The summed E-state index contributed by atoms with van der Waals surface area (Å²) in [7, 11) is 3.74. The number of fused-ring (bicyclic) bond motifs is 2. The number of anilines is 1. The Morgan fingerprint density at radius 2 is 1.97 bits per heavy atom. The van der Waals surface area contributed by atoms with Crippen LogP contribution in [0.5, 0.6) is 5.75 Å². The molecule has 1 aromatic carbocycles. The van der Waals surface area contributed by atoms with Crippen LogP contribution in [0.25, 0.3) is 27.8 Å². The van der Waals surface area contributed by atoms with Crippen molar-refractivity contribution in [1.29, 1.82) is 0 Å². The number of rotatable bonds is 5. The molecule has 0 unspecified atom stereocenters. The highest BCUT2D eigenvalue weighted by Gasteiger charge is 2.45. The van der Waals surface area contributed by atoms with Crippen LogP contribution in [0.4, 0.5) is 5.82 Å². The molecule has 1 fully saturated rings. The number of hydrogen-bond acceptors (Lipinski definition) is 9. The molecule has 5 heterocycles. The lowest BCUT2D eigenvalue weighted by Gasteiger charge is -2.15. The molecule has 6 rings (SSSR count). The first-order valence-electron chi connectivity index (χ1n) is 11.1. The van der Waals surface area contributed by atoms with Crippen molar-refractivity contribution in [2.45, 2.75) is 24.4 Å². The number of nitrogens with zero attached hydrogens (tertiary/aromatic N) is 7. The van der Waals surface area contributed by atoms with Gasteiger partial charge in [-0.2, -0.15) is 10.2 Å². The van der Waals surface area contributed by atoms with Gasteiger partial charge in [-0.3, -0.25) is 4.68 Å². The molecule has 4 N–H and O–H groups in total. The second-order valence-electron chi connectivity index (χ2n) is 8.66. The van der Waals surface area contributed by atoms with Crippen molar-refractivity contribution in [3.63, 3.8) is 0 Å². The molecule has 35 heavy (non-hydrogen) atoms. The predicted molar refractivity (Wildman–Crippen MR) is 125 cm³/mol. The van der Waals surface area contributed by atoms with Gasteiger partial charge in [-0.15, -0.1) is 0 Å². The fourth-order valence-corrected chi connectivity index (χ4v) is 4.56. The van der Waals surface area contributed by atoms with E-state index in [1.165, 1.54) is 6.33 Å². The summed E-state index contributed by atoms with van der Waals surface area (Å²) in [5.41, 5.74) is 10.4. The second kappa shape index (κ2) is 8.05. The zero-order chi connectivity index (χ0) is 24.3. The van der Waals surface area contributed by atoms with Crippen molar-refractivity contribution < 1.29 is 19.7 Å². The Bertz CT molecular complexity index is 1540. The molecule has 0 aliphatic carbocycles. The summed E-state index contributed by atoms with van der Waals surface area (Å²) in [6, 6.07) is 9.23. The fourth-order valence-electron chi connectivity index (χ4n) is 4.56. The Morgan fingerprint density at radius 1 is 1.11 bits per heavy atom. The maximum Gasteiger partial charge on any atom is 0.152 e. The summed E-state index contributed by atoms with van der Waals surface area (Å²) >= 11 is 0. The van der Waals surface area contributed by atoms with E-state index >= 15 is 0 Å². The summed E-state index contributed by atoms with van der Waals surface area (Å²) in [6.07, 6.45) is 0.887. The van der Waals surface area contributed by atoms with E-state index in [2.05, 4.69) is 20.2 Å². The number of aliphatic hydroxyl groups is 2. The molecule has 12 nitrogen and oxygen atoms in total. The first kappa shape index (κ1) is 21.5. The van der Waals surface area contributed by atoms with Crippen molar-refractivity contribution in [1.82, 2.24) is 33.9 Å². The first-order valence-corrected chi connectivity index (χ1v) is 11.1. The predicted octanol–water partition coefficient (Wildman–Crippen LogP) is 0.839. The Morgan fingerprint density at radius 3 is 2.77 bits per heavy atom. The van der Waals surface area contributed by atoms with Gasteiger partial charge in [0, 0.05) is 31.9 Å². The topological polar surface area (TPSA) is 151 Å². The lowest BCUT2D eigenvalue weighted by atomic mass is 10.1. The first-order chi connectivity index (χ1) is 16.9. The summed E-state index contributed by atoms with van der Waals surface area (Å²) in [4.78, 5) is 8.44. The van der Waals surface area contributed by atoms with Crippen molar-refractivity contribution in [2.24, 2.45) is 14.1 Å². The molecular weight excluding hydrogens is 452 g/mol. The maximum absolute atomic E-state index is 10.9. The molecule has 0 saturated carbocycles. The van der Waals surface area contributed by atoms with Crippen LogP contribution in [0.2, 0.25) is 0 Å². The molecule has 0 radical (unpaired) electrons. The van der Waals surface area contributed by atoms with Crippen molar-refractivity contribution >= 4 is 22.4 Å². The van der Waals surface area contributed by atoms with E-state index in [1.807, 2.05) is 55.2 Å². The smallest absolute Gasteiger partial charge is 0.152 e. The maximum atomic E-state index is 10.9. The largest absolute Gasteiger partial charge is 0.491 e. The molecule has 12 heteroatoms. The average Bonchev–Trinajstić information content (AvgIpc) is 3.60. The van der Waals surface area contributed by atoms with Crippen LogP contribution < -0.4 is 10.5 Å². The summed E-state index contributed by atoms with van der Waals surface area (Å²) in [5.74, 6) is 0.862. The zero-order valence-corrected chi connectivity index (χ0v) is 19.1. The number of nitrogen functional groups attached to an aromatic ring is 1. The van der Waals surface area contributed by atoms with Crippen LogP contribution in [0.15, 0.2) is 49.2 Å². The van der Waals surface area contributed by atoms with Gasteiger partial charge in [-0.1, -0.05) is 0 Å². The standard InChI is InChI=1S/C23H24N8O4/c1-29-11-26-15-7-12(3-4-16(15)29)34-9-18-20(32)21(33)22(35-18)17-8-13(14-5-6-30(2)28-14)19-23(24)25-10-27-31(17)19/h3-8,10-11,18,20-22,32-33H,9H2,1-2H3,(H2,24,25,27)/t18-,20-,21-,22+/m1/s1. The molecule has 4 aromatic heterocycles. The molecule has 4 atom stereocenters. The highest BCUT2D eigenvalue weighted by molar-refractivity contribution is 5.87. The van der Waals surface area contributed by atoms with Gasteiger partial charge in [0.25, 0.3) is 0 Å². The molecule has 1 saturated heterocycles. The van der Waals surface area contributed by atoms with E-state index in [-0.39, 0.29) is 12.4 Å². The van der Waals surface area contributed by atoms with Crippen LogP contribution in [0, 0.1) is 0 Å². The lowest BCUT2D eigenvalue weighted by molar-refractivity contribution is -0.0187. The monoisotopic (exact) mass is 476 g/mol. The third kappa shape index (κ3) is 3.50. The minimum absolute atomic E-state index is 0.0423. The molecule has 1 aliphatic rings. The van der Waals surface area contributed by atoms with Crippen molar-refractivity contribution in [3.8, 4) is 17.0 Å². The van der Waals surface area contributed by atoms with Crippen LogP contribution in [-0.4, -0.2) is 69.1 Å². The van der Waals surface area contributed by atoms with Crippen LogP contribution in [-0.2, 0) is 18.8 Å². The number of aryl methyl sites for hydroxylation is 2. The van der Waals surface area contributed by atoms with Crippen LogP contribution in [0.1, 0.15) is 11.8 Å². The van der Waals surface area contributed by atoms with Crippen LogP contribution >= 0.6 is 0 Å². The van der Waals surface area contributed by atoms with Gasteiger partial charge >= 0.3 is 0 Å². The highest BCUT2D eigenvalue weighted by Crippen LogP contribution is 2.38. The Balaban J connectivity index is 1.28. The number of imidazole rings is 1. The van der Waals surface area contributed by atoms with Gasteiger partial charge < -0.3 is 30.0 Å². The van der Waals surface area contributed by atoms with E-state index in [1.54, 1.807) is 15.5 Å². The molecular formula is C23H24N8O4. The van der Waals surface area contributed by atoms with Gasteiger partial charge in [0.15, 0.2) is 5.82 Å². The minimum atomic E-state index is -1.20. The Labute approximate surface area is 199 Å². The van der Waals surface area contributed by atoms with Gasteiger partial charge in [0.2, 0.25) is 0 Å². The summed E-state index contributed by atoms with van der Waals surface area (Å²) < 4.78 is 17.2. The minimum Gasteiger partial charge on any atom is -0.491 e. The lowest BCUT2D eigenvalue weighted by Crippen LogP contribution is -2.34. The molecule has 1 aliphatic heterocycles. The van der Waals surface area contributed by atoms with Gasteiger partial charge in [0.1, 0.15) is 48.6 Å². The number of ether oxygens (including phenoxy) is 2. The number of benzene rings is 1. The fraction of sp³-hybridized carbons (Fsp3) is 0.304. The average molecular weight is 476 g/mol. The van der Waals surface area contributed by atoms with E-state index in [0.29, 0.717) is 28.2 Å². The highest BCUT2D eigenvalue weighted by atomic mass is 16.6. The Kier molecular flexibility index (Phi) is 4.95. The van der Waals surface area contributed by atoms with Crippen molar-refractivity contribution in [3.05, 3.63) is 54.9 Å². The number of aliphatic hydroxyl groups excluding tert-OH is 2. The summed E-state index contributed by atoms with van der Waals surface area (Å²) in [5, 5.41) is 30.4. The quantitative estimate of drug-likeness (QED) is 0.335. The van der Waals surface area contributed by atoms with Gasteiger partial charge in [-0.05, 0) is 24.3 Å². The molecule has 5 aromatic rings. The van der Waals surface area contributed by atoms with Gasteiger partial charge in [-0.25, -0.2) is 14.5 Å². The van der Waals surface area contributed by atoms with E-state index in [9.17, 15) is 10.2 Å². The molecule has 0 spiro atoms. The Hall–Kier alpha value is -4.00. The third-order valence-electron chi connectivity index (χ3n) is 6.36. The third-order valence-corrected chi connectivity index (χ3v) is 6.36. The number of aromatic nitrogens is 7. The number of hydrogen-bond donors (Lipinski definition) is 3. The normalized spacial score (nSPS) is 22.4. The van der Waals surface area contributed by atoms with Crippen molar-refractivity contribution in [2.75, 3.05) is 12.3 Å². The SMILES string of the molecule is Cn1ccc(-c2cc([C@@H]3O[C@H](COc4ccc5c(c4)ncn5C)[C@@H](O)[C@H]3O)n3ncnc(N)c23)n1. The summed E-state index contributed by atoms with van der Waals surface area (Å²) in [6.45, 7) is 0.0423. The zero-order valence-electron chi connectivity index (χ0n) is 19.1. The van der Waals surface area contributed by atoms with E-state index in [4.69, 9.17) is 15.2 Å². The van der Waals surface area contributed by atoms with E-state index in [0.717, 1.165) is 11.0 Å². The molecule has 180 valence electrons. The van der Waals surface area contributed by atoms with E-state index < -0.39 is 24.4 Å². The number of nitrogens with two attached hydrogens (primary N) is 1.